The number of unbranched alkanes of at least 4 members (excludes halogenated alkanes) is 1. The van der Waals surface area contributed by atoms with E-state index in [0.29, 0.717) is 13.2 Å². The minimum Gasteiger partial charge on any atom is -0.380 e. The lowest BCUT2D eigenvalue weighted by Gasteiger charge is -2.24. The van der Waals surface area contributed by atoms with E-state index in [-0.39, 0.29) is 11.9 Å². The molecule has 108 valence electrons. The van der Waals surface area contributed by atoms with Crippen molar-refractivity contribution in [3.8, 4) is 0 Å². The van der Waals surface area contributed by atoms with E-state index in [4.69, 9.17) is 13.8 Å². The molecule has 0 aromatic rings. The van der Waals surface area contributed by atoms with Crippen molar-refractivity contribution >= 4 is 13.4 Å². The van der Waals surface area contributed by atoms with Gasteiger partial charge >= 0.3 is 7.60 Å². The predicted molar refractivity (Wildman–Crippen MR) is 71.0 cm³/mol. The highest BCUT2D eigenvalue weighted by Gasteiger charge is 2.35. The lowest BCUT2D eigenvalue weighted by atomic mass is 9.90. The summed E-state index contributed by atoms with van der Waals surface area (Å²) >= 11 is 0. The van der Waals surface area contributed by atoms with Gasteiger partial charge in [-0.1, -0.05) is 27.2 Å². The third-order valence-electron chi connectivity index (χ3n) is 2.75. The summed E-state index contributed by atoms with van der Waals surface area (Å²) in [5, 5.41) is 0. The standard InChI is InChI=1S/C12H25O5P/c1-6-7-8-17-10-12(2,3)11(13)9-18(14,15-4)16-5/h6-10H2,1-5H3. The molecule has 0 heterocycles. The zero-order valence-electron chi connectivity index (χ0n) is 12.0. The first-order valence-corrected chi connectivity index (χ1v) is 7.85. The van der Waals surface area contributed by atoms with Crippen molar-refractivity contribution in [2.45, 2.75) is 33.6 Å². The minimum atomic E-state index is -3.28. The van der Waals surface area contributed by atoms with Crippen LogP contribution in [0.25, 0.3) is 0 Å². The molecule has 0 aromatic heterocycles. The molecule has 5 nitrogen and oxygen atoms in total. The van der Waals surface area contributed by atoms with Crippen molar-refractivity contribution in [3.05, 3.63) is 0 Å². The zero-order valence-corrected chi connectivity index (χ0v) is 12.9. The van der Waals surface area contributed by atoms with Gasteiger partial charge in [0, 0.05) is 26.2 Å². The van der Waals surface area contributed by atoms with Crippen LogP contribution in [-0.4, -0.2) is 39.4 Å². The van der Waals surface area contributed by atoms with Crippen LogP contribution in [-0.2, 0) is 23.1 Å². The van der Waals surface area contributed by atoms with Crippen LogP contribution in [0.5, 0.6) is 0 Å². The van der Waals surface area contributed by atoms with Crippen LogP contribution in [0.4, 0.5) is 0 Å². The maximum absolute atomic E-state index is 12.0. The van der Waals surface area contributed by atoms with Gasteiger partial charge in [-0.25, -0.2) is 0 Å². The molecule has 0 rings (SSSR count). The molecule has 0 bridgehead atoms. The first kappa shape index (κ1) is 17.8. The Labute approximate surface area is 110 Å². The predicted octanol–water partition coefficient (Wildman–Crippen LogP) is 2.88. The normalized spacial score (nSPS) is 12.7. The Morgan fingerprint density at radius 2 is 1.78 bits per heavy atom. The Kier molecular flexibility index (Phi) is 7.95. The SMILES string of the molecule is CCCCOCC(C)(C)C(=O)CP(=O)(OC)OC. The number of carbonyl (C=O) groups excluding carboxylic acids is 1. The molecule has 18 heavy (non-hydrogen) atoms. The third-order valence-corrected chi connectivity index (χ3v) is 4.54. The first-order valence-electron chi connectivity index (χ1n) is 6.13. The molecular weight excluding hydrogens is 255 g/mol. The molecule has 6 heteroatoms. The zero-order chi connectivity index (χ0) is 14.2. The number of rotatable bonds is 10. The van der Waals surface area contributed by atoms with E-state index in [9.17, 15) is 9.36 Å². The summed E-state index contributed by atoms with van der Waals surface area (Å²) in [6.07, 6.45) is 1.81. The number of ketones is 1. The van der Waals surface area contributed by atoms with Crippen LogP contribution >= 0.6 is 7.60 Å². The Balaban J connectivity index is 4.33. The highest BCUT2D eigenvalue weighted by Crippen LogP contribution is 2.47. The quantitative estimate of drug-likeness (QED) is 0.455. The maximum atomic E-state index is 12.0. The molecule has 0 radical (unpaired) electrons. The molecule has 0 amide bonds. The van der Waals surface area contributed by atoms with E-state index < -0.39 is 13.0 Å². The fraction of sp³-hybridized carbons (Fsp3) is 0.917. The van der Waals surface area contributed by atoms with E-state index in [1.54, 1.807) is 13.8 Å². The summed E-state index contributed by atoms with van der Waals surface area (Å²) < 4.78 is 26.9. The van der Waals surface area contributed by atoms with Gasteiger partial charge in [-0.2, -0.15) is 0 Å². The van der Waals surface area contributed by atoms with Crippen LogP contribution < -0.4 is 0 Å². The van der Waals surface area contributed by atoms with Gasteiger partial charge in [0.05, 0.1) is 6.61 Å². The van der Waals surface area contributed by atoms with Gasteiger partial charge < -0.3 is 13.8 Å². The Morgan fingerprint density at radius 1 is 1.22 bits per heavy atom. The molecule has 0 N–H and O–H groups in total. The van der Waals surface area contributed by atoms with Gasteiger partial charge in [-0.05, 0) is 6.42 Å². The molecule has 0 aromatic carbocycles. The molecule has 0 atom stereocenters. The van der Waals surface area contributed by atoms with E-state index in [1.807, 2.05) is 0 Å². The highest BCUT2D eigenvalue weighted by molar-refractivity contribution is 7.54. The monoisotopic (exact) mass is 280 g/mol. The second-order valence-corrected chi connectivity index (χ2v) is 7.12. The summed E-state index contributed by atoms with van der Waals surface area (Å²) in [5.74, 6) is -0.175. The molecule has 0 aliphatic carbocycles. The Hall–Kier alpha value is -0.220. The Bertz CT molecular complexity index is 293. The van der Waals surface area contributed by atoms with Crippen molar-refractivity contribution in [2.24, 2.45) is 5.41 Å². The van der Waals surface area contributed by atoms with E-state index in [2.05, 4.69) is 6.92 Å². The van der Waals surface area contributed by atoms with Crippen LogP contribution in [0, 0.1) is 5.41 Å². The van der Waals surface area contributed by atoms with Crippen molar-refractivity contribution in [2.75, 3.05) is 33.6 Å². The molecule has 0 aliphatic rings. The Morgan fingerprint density at radius 3 is 2.22 bits per heavy atom. The molecule has 0 saturated heterocycles. The molecule has 0 saturated carbocycles. The number of hydrogen-bond acceptors (Lipinski definition) is 5. The van der Waals surface area contributed by atoms with Crippen molar-refractivity contribution in [1.82, 2.24) is 0 Å². The first-order chi connectivity index (χ1) is 8.31. The molecular formula is C12H25O5P. The largest absolute Gasteiger partial charge is 0.380 e. The second kappa shape index (κ2) is 8.05. The fourth-order valence-corrected chi connectivity index (χ4v) is 2.43. The van der Waals surface area contributed by atoms with Gasteiger partial charge in [0.1, 0.15) is 6.16 Å². The van der Waals surface area contributed by atoms with Crippen LogP contribution in [0.15, 0.2) is 0 Å². The average Bonchev–Trinajstić information content (AvgIpc) is 2.34. The lowest BCUT2D eigenvalue weighted by Crippen LogP contribution is -2.32. The van der Waals surface area contributed by atoms with Gasteiger partial charge in [0.25, 0.3) is 0 Å². The summed E-state index contributed by atoms with van der Waals surface area (Å²) in [6.45, 7) is 6.58. The van der Waals surface area contributed by atoms with Crippen LogP contribution in [0.3, 0.4) is 0 Å². The number of ether oxygens (including phenoxy) is 1. The maximum Gasteiger partial charge on any atom is 0.337 e. The number of carbonyl (C=O) groups is 1. The van der Waals surface area contributed by atoms with E-state index in [0.717, 1.165) is 12.8 Å². The van der Waals surface area contributed by atoms with Crippen LogP contribution in [0.2, 0.25) is 0 Å². The second-order valence-electron chi connectivity index (χ2n) is 4.85. The third kappa shape index (κ3) is 6.10. The smallest absolute Gasteiger partial charge is 0.337 e. The average molecular weight is 280 g/mol. The summed E-state index contributed by atoms with van der Waals surface area (Å²) in [4.78, 5) is 12.0. The molecule has 0 aliphatic heterocycles. The van der Waals surface area contributed by atoms with E-state index in [1.165, 1.54) is 14.2 Å². The molecule has 0 unspecified atom stereocenters. The number of Topliss-reactive ketones (excluding diaryl/α,β-unsaturated/α-hetero) is 1. The number of hydrogen-bond donors (Lipinski definition) is 0. The van der Waals surface area contributed by atoms with Gasteiger partial charge in [0.2, 0.25) is 0 Å². The van der Waals surface area contributed by atoms with Gasteiger partial charge in [-0.15, -0.1) is 0 Å². The van der Waals surface area contributed by atoms with Crippen molar-refractivity contribution < 1.29 is 23.1 Å². The molecule has 0 spiro atoms. The van der Waals surface area contributed by atoms with Gasteiger partial charge in [-0.3, -0.25) is 9.36 Å². The summed E-state index contributed by atoms with van der Waals surface area (Å²) in [5.41, 5.74) is -0.680. The summed E-state index contributed by atoms with van der Waals surface area (Å²) in [7, 11) is -0.724. The van der Waals surface area contributed by atoms with Crippen molar-refractivity contribution in [3.63, 3.8) is 0 Å². The lowest BCUT2D eigenvalue weighted by molar-refractivity contribution is -0.127. The fourth-order valence-electron chi connectivity index (χ4n) is 1.25. The van der Waals surface area contributed by atoms with E-state index >= 15 is 0 Å². The summed E-state index contributed by atoms with van der Waals surface area (Å²) in [6, 6.07) is 0. The van der Waals surface area contributed by atoms with Crippen LogP contribution in [0.1, 0.15) is 33.6 Å². The minimum absolute atomic E-state index is 0.175. The molecule has 0 fully saturated rings. The van der Waals surface area contributed by atoms with Gasteiger partial charge in [0.15, 0.2) is 5.78 Å². The topological polar surface area (TPSA) is 61.8 Å². The highest BCUT2D eigenvalue weighted by atomic mass is 31.2. The van der Waals surface area contributed by atoms with Crippen molar-refractivity contribution in [1.29, 1.82) is 0 Å².